The molecular formula is C15H18N2O3. The van der Waals surface area contributed by atoms with Crippen LogP contribution in [0.5, 0.6) is 0 Å². The molecule has 0 saturated heterocycles. The highest BCUT2D eigenvalue weighted by Crippen LogP contribution is 2.37. The number of amides is 2. The molecule has 106 valence electrons. The molecule has 0 saturated carbocycles. The second-order valence-electron chi connectivity index (χ2n) is 5.22. The number of carbonyl (C=O) groups excluding carboxylic acids is 2. The summed E-state index contributed by atoms with van der Waals surface area (Å²) in [7, 11) is 1.60. The third kappa shape index (κ3) is 2.18. The monoisotopic (exact) mass is 274 g/mol. The molecule has 2 aliphatic heterocycles. The fraction of sp³-hybridized carbons (Fsp3) is 0.467. The fourth-order valence-electron chi connectivity index (χ4n) is 2.98. The minimum absolute atomic E-state index is 0.0995. The van der Waals surface area contributed by atoms with Crippen LogP contribution in [-0.4, -0.2) is 38.6 Å². The van der Waals surface area contributed by atoms with Crippen molar-refractivity contribution in [2.75, 3.05) is 31.7 Å². The number of carbonyl (C=O) groups is 2. The molecule has 0 unspecified atom stereocenters. The molecular weight excluding hydrogens is 256 g/mol. The topological polar surface area (TPSA) is 58.6 Å². The van der Waals surface area contributed by atoms with E-state index in [1.807, 2.05) is 17.0 Å². The number of hydrogen-bond acceptors (Lipinski definition) is 3. The average molecular weight is 274 g/mol. The smallest absolute Gasteiger partial charge is 0.251 e. The highest BCUT2D eigenvalue weighted by Gasteiger charge is 2.32. The van der Waals surface area contributed by atoms with Gasteiger partial charge in [-0.25, -0.2) is 0 Å². The number of aryl methyl sites for hydroxylation is 1. The van der Waals surface area contributed by atoms with Crippen LogP contribution in [0.25, 0.3) is 0 Å². The van der Waals surface area contributed by atoms with E-state index in [1.165, 1.54) is 0 Å². The minimum atomic E-state index is -0.0995. The van der Waals surface area contributed by atoms with Crippen LogP contribution in [0.4, 0.5) is 5.69 Å². The van der Waals surface area contributed by atoms with E-state index >= 15 is 0 Å². The van der Waals surface area contributed by atoms with Gasteiger partial charge in [0.2, 0.25) is 5.91 Å². The molecule has 1 aromatic rings. The second kappa shape index (κ2) is 5.25. The molecule has 5 heteroatoms. The lowest BCUT2D eigenvalue weighted by Crippen LogP contribution is -2.31. The first-order valence-electron chi connectivity index (χ1n) is 6.94. The molecule has 0 atom stereocenters. The van der Waals surface area contributed by atoms with Crippen LogP contribution >= 0.6 is 0 Å². The predicted octanol–water partition coefficient (Wildman–Crippen LogP) is 0.898. The summed E-state index contributed by atoms with van der Waals surface area (Å²) in [5, 5.41) is 2.82. The van der Waals surface area contributed by atoms with Gasteiger partial charge in [-0.2, -0.15) is 0 Å². The Morgan fingerprint density at radius 2 is 2.20 bits per heavy atom. The van der Waals surface area contributed by atoms with E-state index in [0.717, 1.165) is 36.2 Å². The Morgan fingerprint density at radius 1 is 1.40 bits per heavy atom. The van der Waals surface area contributed by atoms with Gasteiger partial charge in [0.15, 0.2) is 0 Å². The van der Waals surface area contributed by atoms with Gasteiger partial charge in [-0.1, -0.05) is 0 Å². The normalized spacial score (nSPS) is 16.2. The molecule has 3 rings (SSSR count). The molecule has 0 aromatic heterocycles. The number of nitrogens with zero attached hydrogens (tertiary/aromatic N) is 1. The summed E-state index contributed by atoms with van der Waals surface area (Å²) < 4.78 is 4.92. The number of anilines is 1. The van der Waals surface area contributed by atoms with Crippen LogP contribution in [0.3, 0.4) is 0 Å². The van der Waals surface area contributed by atoms with Gasteiger partial charge in [0.05, 0.1) is 18.7 Å². The second-order valence-corrected chi connectivity index (χ2v) is 5.22. The summed E-state index contributed by atoms with van der Waals surface area (Å²) >= 11 is 0. The van der Waals surface area contributed by atoms with Gasteiger partial charge in [-0.05, 0) is 36.1 Å². The van der Waals surface area contributed by atoms with Crippen LogP contribution in [0.15, 0.2) is 12.1 Å². The molecule has 20 heavy (non-hydrogen) atoms. The number of hydrogen-bond donors (Lipinski definition) is 1. The Bertz CT molecular complexity index is 568. The molecule has 0 aliphatic carbocycles. The van der Waals surface area contributed by atoms with Crippen molar-refractivity contribution in [3.63, 3.8) is 0 Å². The van der Waals surface area contributed by atoms with Crippen molar-refractivity contribution in [2.24, 2.45) is 0 Å². The van der Waals surface area contributed by atoms with Crippen molar-refractivity contribution in [3.8, 4) is 0 Å². The molecule has 2 aliphatic rings. The standard InChI is InChI=1S/C15H18N2O3/c1-20-6-4-16-15(19)12-7-10-3-2-5-17-13(18)9-11(8-12)14(10)17/h7-8H,2-6,9H2,1H3,(H,16,19). The fourth-order valence-corrected chi connectivity index (χ4v) is 2.98. The van der Waals surface area contributed by atoms with Crippen molar-refractivity contribution in [2.45, 2.75) is 19.3 Å². The molecule has 0 bridgehead atoms. The quantitative estimate of drug-likeness (QED) is 0.830. The molecule has 1 N–H and O–H groups in total. The van der Waals surface area contributed by atoms with Crippen molar-refractivity contribution in [3.05, 3.63) is 28.8 Å². The Morgan fingerprint density at radius 3 is 3.00 bits per heavy atom. The zero-order chi connectivity index (χ0) is 14.1. The van der Waals surface area contributed by atoms with E-state index in [-0.39, 0.29) is 11.8 Å². The van der Waals surface area contributed by atoms with E-state index in [2.05, 4.69) is 5.32 Å². The molecule has 0 fully saturated rings. The molecule has 5 nitrogen and oxygen atoms in total. The summed E-state index contributed by atoms with van der Waals surface area (Å²) in [5.41, 5.74) is 3.81. The van der Waals surface area contributed by atoms with Crippen LogP contribution in [0, 0.1) is 0 Å². The SMILES string of the molecule is COCCNC(=O)c1cc2c3c(c1)CC(=O)N3CCC2. The van der Waals surface area contributed by atoms with Gasteiger partial charge in [0.25, 0.3) is 5.91 Å². The maximum absolute atomic E-state index is 12.1. The van der Waals surface area contributed by atoms with E-state index < -0.39 is 0 Å². The van der Waals surface area contributed by atoms with E-state index in [4.69, 9.17) is 4.74 Å². The first-order valence-corrected chi connectivity index (χ1v) is 6.94. The number of benzene rings is 1. The highest BCUT2D eigenvalue weighted by molar-refractivity contribution is 6.04. The Balaban J connectivity index is 1.87. The van der Waals surface area contributed by atoms with E-state index in [1.54, 1.807) is 7.11 Å². The number of nitrogens with one attached hydrogen (secondary N) is 1. The zero-order valence-corrected chi connectivity index (χ0v) is 11.6. The van der Waals surface area contributed by atoms with Crippen LogP contribution in [-0.2, 0) is 22.4 Å². The highest BCUT2D eigenvalue weighted by atomic mass is 16.5. The molecule has 0 spiro atoms. The molecule has 2 amide bonds. The van der Waals surface area contributed by atoms with Gasteiger partial charge >= 0.3 is 0 Å². The maximum atomic E-state index is 12.1. The number of rotatable bonds is 4. The van der Waals surface area contributed by atoms with Crippen molar-refractivity contribution in [1.82, 2.24) is 5.32 Å². The average Bonchev–Trinajstić information content (AvgIpc) is 2.77. The van der Waals surface area contributed by atoms with Gasteiger partial charge in [0.1, 0.15) is 0 Å². The van der Waals surface area contributed by atoms with Gasteiger partial charge in [0, 0.05) is 25.8 Å². The van der Waals surface area contributed by atoms with Crippen molar-refractivity contribution in [1.29, 1.82) is 0 Å². The third-order valence-corrected chi connectivity index (χ3v) is 3.86. The number of methoxy groups -OCH3 is 1. The van der Waals surface area contributed by atoms with Crippen LogP contribution in [0.2, 0.25) is 0 Å². The summed E-state index contributed by atoms with van der Waals surface area (Å²) in [6.45, 7) is 1.79. The lowest BCUT2D eigenvalue weighted by molar-refractivity contribution is -0.117. The first kappa shape index (κ1) is 13.1. The summed E-state index contributed by atoms with van der Waals surface area (Å²) in [5.74, 6) is 0.0514. The maximum Gasteiger partial charge on any atom is 0.251 e. The van der Waals surface area contributed by atoms with Crippen LogP contribution in [0.1, 0.15) is 27.9 Å². The molecule has 1 aromatic carbocycles. The summed E-state index contributed by atoms with van der Waals surface area (Å²) in [6.07, 6.45) is 2.32. The van der Waals surface area contributed by atoms with Gasteiger partial charge < -0.3 is 15.0 Å². The minimum Gasteiger partial charge on any atom is -0.383 e. The first-order chi connectivity index (χ1) is 9.70. The van der Waals surface area contributed by atoms with Gasteiger partial charge in [-0.3, -0.25) is 9.59 Å². The van der Waals surface area contributed by atoms with E-state index in [0.29, 0.717) is 25.1 Å². The Hall–Kier alpha value is -1.88. The molecule has 0 radical (unpaired) electrons. The Kier molecular flexibility index (Phi) is 3.44. The zero-order valence-electron chi connectivity index (χ0n) is 11.6. The summed E-state index contributed by atoms with van der Waals surface area (Å²) in [6, 6.07) is 3.77. The lowest BCUT2D eigenvalue weighted by Gasteiger charge is -2.25. The summed E-state index contributed by atoms with van der Waals surface area (Å²) in [4.78, 5) is 25.9. The largest absolute Gasteiger partial charge is 0.383 e. The predicted molar refractivity (Wildman–Crippen MR) is 75.0 cm³/mol. The van der Waals surface area contributed by atoms with E-state index in [9.17, 15) is 9.59 Å². The van der Waals surface area contributed by atoms with Crippen molar-refractivity contribution < 1.29 is 14.3 Å². The third-order valence-electron chi connectivity index (χ3n) is 3.86. The van der Waals surface area contributed by atoms with Crippen LogP contribution < -0.4 is 10.2 Å². The number of ether oxygens (including phenoxy) is 1. The van der Waals surface area contributed by atoms with Gasteiger partial charge in [-0.15, -0.1) is 0 Å². The van der Waals surface area contributed by atoms with Crippen molar-refractivity contribution >= 4 is 17.5 Å². The Labute approximate surface area is 117 Å². The lowest BCUT2D eigenvalue weighted by atomic mass is 9.96. The molecule has 2 heterocycles.